The van der Waals surface area contributed by atoms with E-state index in [0.717, 1.165) is 29.1 Å². The number of nitrogens with one attached hydrogen (secondary N) is 1. The normalized spacial score (nSPS) is 19.9. The van der Waals surface area contributed by atoms with Crippen LogP contribution in [-0.4, -0.2) is 11.0 Å². The molecule has 0 saturated heterocycles. The van der Waals surface area contributed by atoms with Gasteiger partial charge in [-0.05, 0) is 44.0 Å². The van der Waals surface area contributed by atoms with Crippen LogP contribution in [0, 0.1) is 31.0 Å². The SMILES string of the molecule is Cc1cc(N[C@@H]2C[C@H]2c2ccc(F)cc2)c(C#N)c(C)n1. The molecule has 1 fully saturated rings. The minimum absolute atomic E-state index is 0.212. The fraction of sp³-hybridized carbons (Fsp3) is 0.294. The van der Waals surface area contributed by atoms with E-state index in [1.54, 1.807) is 0 Å². The Bertz CT molecular complexity index is 716. The van der Waals surface area contributed by atoms with Crippen LogP contribution in [-0.2, 0) is 0 Å². The maximum atomic E-state index is 12.9. The molecule has 1 aliphatic carbocycles. The molecule has 1 heterocycles. The van der Waals surface area contributed by atoms with Gasteiger partial charge in [0, 0.05) is 17.7 Å². The number of nitriles is 1. The van der Waals surface area contributed by atoms with E-state index >= 15 is 0 Å². The first-order valence-corrected chi connectivity index (χ1v) is 6.99. The van der Waals surface area contributed by atoms with E-state index in [0.29, 0.717) is 17.5 Å². The Morgan fingerprint density at radius 2 is 2.00 bits per heavy atom. The number of aromatic nitrogens is 1. The fourth-order valence-electron chi connectivity index (χ4n) is 2.72. The van der Waals surface area contributed by atoms with Crippen LogP contribution in [0.4, 0.5) is 10.1 Å². The van der Waals surface area contributed by atoms with Crippen LogP contribution in [0.3, 0.4) is 0 Å². The third-order valence-corrected chi connectivity index (χ3v) is 3.87. The summed E-state index contributed by atoms with van der Waals surface area (Å²) in [5.74, 6) is 0.168. The van der Waals surface area contributed by atoms with Gasteiger partial charge in [0.1, 0.15) is 11.9 Å². The number of aryl methyl sites for hydroxylation is 2. The Morgan fingerprint density at radius 1 is 1.29 bits per heavy atom. The lowest BCUT2D eigenvalue weighted by Crippen LogP contribution is -2.08. The average molecular weight is 281 g/mol. The molecule has 1 N–H and O–H groups in total. The smallest absolute Gasteiger partial charge is 0.123 e. The van der Waals surface area contributed by atoms with Crippen molar-refractivity contribution in [2.24, 2.45) is 0 Å². The summed E-state index contributed by atoms with van der Waals surface area (Å²) in [5.41, 5.74) is 4.23. The van der Waals surface area contributed by atoms with E-state index in [1.165, 1.54) is 12.1 Å². The molecule has 3 nitrogen and oxygen atoms in total. The maximum absolute atomic E-state index is 12.9. The number of nitrogens with zero attached hydrogens (tertiary/aromatic N) is 2. The van der Waals surface area contributed by atoms with Crippen molar-refractivity contribution in [3.05, 3.63) is 58.7 Å². The molecule has 1 aliphatic rings. The van der Waals surface area contributed by atoms with Crippen molar-refractivity contribution in [2.45, 2.75) is 32.2 Å². The van der Waals surface area contributed by atoms with Crippen molar-refractivity contribution in [2.75, 3.05) is 5.32 Å². The second kappa shape index (κ2) is 5.17. The monoisotopic (exact) mass is 281 g/mol. The highest BCUT2D eigenvalue weighted by molar-refractivity contribution is 5.61. The Balaban J connectivity index is 1.78. The number of benzene rings is 1. The van der Waals surface area contributed by atoms with Gasteiger partial charge < -0.3 is 5.32 Å². The van der Waals surface area contributed by atoms with Crippen LogP contribution in [0.2, 0.25) is 0 Å². The van der Waals surface area contributed by atoms with Gasteiger partial charge in [-0.1, -0.05) is 12.1 Å². The zero-order valence-corrected chi connectivity index (χ0v) is 12.0. The molecule has 1 aromatic carbocycles. The molecule has 0 aliphatic heterocycles. The Morgan fingerprint density at radius 3 is 2.67 bits per heavy atom. The van der Waals surface area contributed by atoms with Gasteiger partial charge in [0.05, 0.1) is 16.9 Å². The second-order valence-corrected chi connectivity index (χ2v) is 5.53. The predicted molar refractivity (Wildman–Crippen MR) is 79.6 cm³/mol. The third kappa shape index (κ3) is 2.73. The predicted octanol–water partition coefficient (Wildman–Crippen LogP) is 3.68. The van der Waals surface area contributed by atoms with Crippen molar-refractivity contribution in [1.82, 2.24) is 4.98 Å². The minimum Gasteiger partial charge on any atom is -0.380 e. The summed E-state index contributed by atoms with van der Waals surface area (Å²) in [5, 5.41) is 12.7. The molecule has 0 bridgehead atoms. The standard InChI is InChI=1S/C17H16FN3/c1-10-7-16(15(9-19)11(2)20-10)21-17-8-14(17)12-3-5-13(18)6-4-12/h3-7,14,17H,8H2,1-2H3,(H,20,21)/t14-,17+/m0/s1. The largest absolute Gasteiger partial charge is 0.380 e. The first-order chi connectivity index (χ1) is 10.1. The lowest BCUT2D eigenvalue weighted by Gasteiger charge is -2.11. The highest BCUT2D eigenvalue weighted by atomic mass is 19.1. The zero-order valence-electron chi connectivity index (χ0n) is 12.0. The summed E-state index contributed by atoms with van der Waals surface area (Å²) in [6.45, 7) is 3.77. The Kier molecular flexibility index (Phi) is 3.34. The number of pyridine rings is 1. The third-order valence-electron chi connectivity index (χ3n) is 3.87. The first-order valence-electron chi connectivity index (χ1n) is 6.99. The number of hydrogen-bond acceptors (Lipinski definition) is 3. The van der Waals surface area contributed by atoms with Crippen LogP contribution >= 0.6 is 0 Å². The summed E-state index contributed by atoms with van der Waals surface area (Å²) < 4.78 is 12.9. The molecule has 3 rings (SSSR count). The lowest BCUT2D eigenvalue weighted by atomic mass is 10.1. The molecule has 1 saturated carbocycles. The molecule has 21 heavy (non-hydrogen) atoms. The molecular formula is C17H16FN3. The summed E-state index contributed by atoms with van der Waals surface area (Å²) >= 11 is 0. The van der Waals surface area contributed by atoms with Gasteiger partial charge >= 0.3 is 0 Å². The highest BCUT2D eigenvalue weighted by Crippen LogP contribution is 2.43. The van der Waals surface area contributed by atoms with Gasteiger partial charge in [0.2, 0.25) is 0 Å². The molecule has 4 heteroatoms. The van der Waals surface area contributed by atoms with Crippen LogP contribution < -0.4 is 5.32 Å². The maximum Gasteiger partial charge on any atom is 0.123 e. The van der Waals surface area contributed by atoms with Crippen LogP contribution in [0.25, 0.3) is 0 Å². The molecule has 0 spiro atoms. The number of hydrogen-bond donors (Lipinski definition) is 1. The van der Waals surface area contributed by atoms with Gasteiger partial charge in [-0.3, -0.25) is 4.98 Å². The van der Waals surface area contributed by atoms with E-state index in [-0.39, 0.29) is 5.82 Å². The number of anilines is 1. The van der Waals surface area contributed by atoms with Crippen molar-refractivity contribution < 1.29 is 4.39 Å². The quantitative estimate of drug-likeness (QED) is 0.933. The second-order valence-electron chi connectivity index (χ2n) is 5.53. The highest BCUT2D eigenvalue weighted by Gasteiger charge is 2.38. The Labute approximate surface area is 123 Å². The molecule has 2 aromatic rings. The number of halogens is 1. The van der Waals surface area contributed by atoms with Gasteiger partial charge in [0.15, 0.2) is 0 Å². The molecule has 0 unspecified atom stereocenters. The van der Waals surface area contributed by atoms with Crippen molar-refractivity contribution in [3.8, 4) is 6.07 Å². The summed E-state index contributed by atoms with van der Waals surface area (Å²) in [4.78, 5) is 4.32. The van der Waals surface area contributed by atoms with Gasteiger partial charge in [0.25, 0.3) is 0 Å². The summed E-state index contributed by atoms with van der Waals surface area (Å²) in [6.07, 6.45) is 0.997. The van der Waals surface area contributed by atoms with Crippen LogP contribution in [0.5, 0.6) is 0 Å². The molecule has 0 radical (unpaired) electrons. The van der Waals surface area contributed by atoms with E-state index in [9.17, 15) is 9.65 Å². The fourth-order valence-corrected chi connectivity index (χ4v) is 2.72. The van der Waals surface area contributed by atoms with E-state index in [4.69, 9.17) is 0 Å². The molecule has 1 aromatic heterocycles. The van der Waals surface area contributed by atoms with E-state index < -0.39 is 0 Å². The van der Waals surface area contributed by atoms with E-state index in [1.807, 2.05) is 32.0 Å². The Hall–Kier alpha value is -2.41. The molecule has 106 valence electrons. The number of rotatable bonds is 3. The van der Waals surface area contributed by atoms with Gasteiger partial charge in [-0.2, -0.15) is 5.26 Å². The molecule has 2 atom stereocenters. The van der Waals surface area contributed by atoms with Crippen molar-refractivity contribution in [3.63, 3.8) is 0 Å². The zero-order chi connectivity index (χ0) is 15.0. The van der Waals surface area contributed by atoms with Crippen LogP contribution in [0.15, 0.2) is 30.3 Å². The first kappa shape index (κ1) is 13.6. The topological polar surface area (TPSA) is 48.7 Å². The average Bonchev–Trinajstić information content (AvgIpc) is 3.18. The van der Waals surface area contributed by atoms with Crippen molar-refractivity contribution >= 4 is 5.69 Å². The lowest BCUT2D eigenvalue weighted by molar-refractivity contribution is 0.627. The van der Waals surface area contributed by atoms with Crippen LogP contribution in [0.1, 0.15) is 34.9 Å². The van der Waals surface area contributed by atoms with Gasteiger partial charge in [-0.25, -0.2) is 4.39 Å². The molecular weight excluding hydrogens is 265 g/mol. The van der Waals surface area contributed by atoms with Crippen molar-refractivity contribution in [1.29, 1.82) is 5.26 Å². The summed E-state index contributed by atoms with van der Waals surface area (Å²) in [6, 6.07) is 11.1. The van der Waals surface area contributed by atoms with E-state index in [2.05, 4.69) is 16.4 Å². The summed E-state index contributed by atoms with van der Waals surface area (Å²) in [7, 11) is 0. The minimum atomic E-state index is -0.212. The molecule has 0 amide bonds. The van der Waals surface area contributed by atoms with Gasteiger partial charge in [-0.15, -0.1) is 0 Å².